The first kappa shape index (κ1) is 13.1. The van der Waals surface area contributed by atoms with Crippen LogP contribution in [0.1, 0.15) is 11.1 Å². The molecule has 0 aliphatic carbocycles. The highest BCUT2D eigenvalue weighted by molar-refractivity contribution is 5.72. The van der Waals surface area contributed by atoms with Crippen molar-refractivity contribution in [3.05, 3.63) is 71.8 Å². The van der Waals surface area contributed by atoms with E-state index in [1.54, 1.807) is 0 Å². The molecule has 98 valence electrons. The molecule has 2 rings (SSSR count). The van der Waals surface area contributed by atoms with Crippen LogP contribution in [0.3, 0.4) is 0 Å². The van der Waals surface area contributed by atoms with Gasteiger partial charge in [-0.3, -0.25) is 0 Å². The highest BCUT2D eigenvalue weighted by Crippen LogP contribution is 2.10. The minimum atomic E-state index is -0.729. The highest BCUT2D eigenvalue weighted by Gasteiger charge is 2.13. The maximum Gasteiger partial charge on any atom is 0.346 e. The van der Waals surface area contributed by atoms with Crippen molar-refractivity contribution in [2.75, 3.05) is 0 Å². The first-order chi connectivity index (χ1) is 9.29. The summed E-state index contributed by atoms with van der Waals surface area (Å²) in [7, 11) is 0. The average molecular weight is 258 g/mol. The Kier molecular flexibility index (Phi) is 4.50. The highest BCUT2D eigenvalue weighted by atomic mass is 19.2. The van der Waals surface area contributed by atoms with Crippen LogP contribution in [0.5, 0.6) is 0 Å². The second-order valence-corrected chi connectivity index (χ2v) is 4.23. The van der Waals surface area contributed by atoms with E-state index in [-0.39, 0.29) is 0 Å². The number of hydrogen-bond donors (Lipinski definition) is 1. The maximum atomic E-state index is 12.4. The molecular formula is C15H15FN2O. The van der Waals surface area contributed by atoms with Gasteiger partial charge in [-0.15, -0.1) is 0 Å². The summed E-state index contributed by atoms with van der Waals surface area (Å²) >= 11 is 0. The molecule has 0 atom stereocenters. The summed E-state index contributed by atoms with van der Waals surface area (Å²) in [6.07, 6.45) is 0. The lowest BCUT2D eigenvalue weighted by atomic mass is 10.2. The predicted molar refractivity (Wildman–Crippen MR) is 71.8 cm³/mol. The zero-order chi connectivity index (χ0) is 13.5. The second kappa shape index (κ2) is 6.54. The van der Waals surface area contributed by atoms with Crippen LogP contribution < -0.4 is 5.54 Å². The molecule has 4 heteroatoms. The van der Waals surface area contributed by atoms with Gasteiger partial charge in [0.25, 0.3) is 0 Å². The Morgan fingerprint density at radius 2 is 1.32 bits per heavy atom. The normalized spacial score (nSPS) is 9.95. The van der Waals surface area contributed by atoms with Gasteiger partial charge < -0.3 is 4.90 Å². The van der Waals surface area contributed by atoms with Crippen molar-refractivity contribution in [2.24, 2.45) is 0 Å². The molecule has 0 saturated heterocycles. The Balaban J connectivity index is 2.10. The number of benzene rings is 2. The SMILES string of the molecule is O=C(NF)N(Cc1ccccc1)Cc1ccccc1. The topological polar surface area (TPSA) is 32.3 Å². The monoisotopic (exact) mass is 258 g/mol. The van der Waals surface area contributed by atoms with E-state index in [0.717, 1.165) is 11.1 Å². The number of amides is 2. The van der Waals surface area contributed by atoms with E-state index in [2.05, 4.69) is 0 Å². The zero-order valence-corrected chi connectivity index (χ0v) is 10.4. The minimum absolute atomic E-state index is 0.367. The van der Waals surface area contributed by atoms with Gasteiger partial charge in [-0.25, -0.2) is 4.79 Å². The second-order valence-electron chi connectivity index (χ2n) is 4.23. The molecule has 0 unspecified atom stereocenters. The summed E-state index contributed by atoms with van der Waals surface area (Å²) in [6, 6.07) is 18.3. The molecule has 3 nitrogen and oxygen atoms in total. The van der Waals surface area contributed by atoms with E-state index >= 15 is 0 Å². The van der Waals surface area contributed by atoms with Gasteiger partial charge in [-0.2, -0.15) is 5.54 Å². The number of urea groups is 1. The Morgan fingerprint density at radius 3 is 1.68 bits per heavy atom. The third-order valence-electron chi connectivity index (χ3n) is 2.80. The Labute approximate surface area is 111 Å². The summed E-state index contributed by atoms with van der Waals surface area (Å²) in [5, 5.41) is 0. The smallest absolute Gasteiger partial charge is 0.314 e. The third kappa shape index (κ3) is 3.81. The van der Waals surface area contributed by atoms with Crippen molar-refractivity contribution in [2.45, 2.75) is 13.1 Å². The molecule has 0 aromatic heterocycles. The summed E-state index contributed by atoms with van der Waals surface area (Å²) in [5.74, 6) is 0. The first-order valence-corrected chi connectivity index (χ1v) is 6.03. The summed E-state index contributed by atoms with van der Waals surface area (Å²) in [4.78, 5) is 13.0. The number of hydrogen-bond acceptors (Lipinski definition) is 1. The number of nitrogens with one attached hydrogen (secondary N) is 1. The molecule has 0 spiro atoms. The standard InChI is InChI=1S/C15H15FN2O/c16-17-15(19)18(11-13-7-3-1-4-8-13)12-14-9-5-2-6-10-14/h1-10H,11-12H2,(H,17,19). The molecule has 2 aromatic rings. The van der Waals surface area contributed by atoms with E-state index in [1.165, 1.54) is 10.4 Å². The van der Waals surface area contributed by atoms with E-state index in [4.69, 9.17) is 0 Å². The molecular weight excluding hydrogens is 243 g/mol. The van der Waals surface area contributed by atoms with Crippen LogP contribution in [-0.4, -0.2) is 10.9 Å². The minimum Gasteiger partial charge on any atom is -0.314 e. The van der Waals surface area contributed by atoms with Gasteiger partial charge in [0, 0.05) is 13.1 Å². The van der Waals surface area contributed by atoms with Gasteiger partial charge in [-0.1, -0.05) is 65.1 Å². The van der Waals surface area contributed by atoms with Crippen LogP contribution in [0.4, 0.5) is 9.28 Å². The molecule has 2 aromatic carbocycles. The van der Waals surface area contributed by atoms with E-state index < -0.39 is 6.03 Å². The fourth-order valence-electron chi connectivity index (χ4n) is 1.87. The molecule has 0 aliphatic rings. The van der Waals surface area contributed by atoms with Gasteiger partial charge >= 0.3 is 6.03 Å². The van der Waals surface area contributed by atoms with E-state index in [0.29, 0.717) is 13.1 Å². The summed E-state index contributed by atoms with van der Waals surface area (Å²) < 4.78 is 12.4. The fourth-order valence-corrected chi connectivity index (χ4v) is 1.87. The lowest BCUT2D eigenvalue weighted by Gasteiger charge is -2.21. The molecule has 0 radical (unpaired) electrons. The van der Waals surface area contributed by atoms with Crippen LogP contribution in [-0.2, 0) is 13.1 Å². The number of carbonyl (C=O) groups excluding carboxylic acids is 1. The number of rotatable bonds is 4. The number of halogens is 1. The quantitative estimate of drug-likeness (QED) is 0.839. The maximum absolute atomic E-state index is 12.4. The molecule has 1 N–H and O–H groups in total. The zero-order valence-electron chi connectivity index (χ0n) is 10.4. The van der Waals surface area contributed by atoms with Crippen molar-refractivity contribution in [1.29, 1.82) is 0 Å². The largest absolute Gasteiger partial charge is 0.346 e. The third-order valence-corrected chi connectivity index (χ3v) is 2.80. The summed E-state index contributed by atoms with van der Waals surface area (Å²) in [5.41, 5.74) is 3.11. The Bertz CT molecular complexity index is 475. The molecule has 2 amide bonds. The molecule has 0 saturated carbocycles. The van der Waals surface area contributed by atoms with Crippen molar-refractivity contribution in [3.8, 4) is 0 Å². The van der Waals surface area contributed by atoms with Crippen LogP contribution >= 0.6 is 0 Å². The average Bonchev–Trinajstić information content (AvgIpc) is 2.48. The van der Waals surface area contributed by atoms with Crippen LogP contribution in [0.15, 0.2) is 60.7 Å². The van der Waals surface area contributed by atoms with Crippen LogP contribution in [0.2, 0.25) is 0 Å². The summed E-state index contributed by atoms with van der Waals surface area (Å²) in [6.45, 7) is 0.733. The van der Waals surface area contributed by atoms with Crippen LogP contribution in [0, 0.1) is 0 Å². The predicted octanol–water partition coefficient (Wildman–Crippen LogP) is 3.28. The van der Waals surface area contributed by atoms with Crippen molar-refractivity contribution < 1.29 is 9.28 Å². The first-order valence-electron chi connectivity index (χ1n) is 6.03. The van der Waals surface area contributed by atoms with E-state index in [1.807, 2.05) is 60.7 Å². The molecule has 0 bridgehead atoms. The van der Waals surface area contributed by atoms with Gasteiger partial charge in [0.2, 0.25) is 0 Å². The lowest BCUT2D eigenvalue weighted by Crippen LogP contribution is -2.35. The molecule has 0 aliphatic heterocycles. The molecule has 0 fully saturated rings. The van der Waals surface area contributed by atoms with Crippen molar-refractivity contribution in [3.63, 3.8) is 0 Å². The van der Waals surface area contributed by atoms with Gasteiger partial charge in [0.15, 0.2) is 0 Å². The fraction of sp³-hybridized carbons (Fsp3) is 0.133. The van der Waals surface area contributed by atoms with Gasteiger partial charge in [-0.05, 0) is 11.1 Å². The van der Waals surface area contributed by atoms with E-state index in [9.17, 15) is 9.28 Å². The Morgan fingerprint density at radius 1 is 0.895 bits per heavy atom. The molecule has 19 heavy (non-hydrogen) atoms. The van der Waals surface area contributed by atoms with Crippen molar-refractivity contribution in [1.82, 2.24) is 10.4 Å². The number of carbonyl (C=O) groups is 1. The van der Waals surface area contributed by atoms with Gasteiger partial charge in [0.1, 0.15) is 0 Å². The van der Waals surface area contributed by atoms with Crippen molar-refractivity contribution >= 4 is 6.03 Å². The number of nitrogens with zero attached hydrogens (tertiary/aromatic N) is 1. The lowest BCUT2D eigenvalue weighted by molar-refractivity contribution is 0.168. The van der Waals surface area contributed by atoms with Crippen LogP contribution in [0.25, 0.3) is 0 Å². The molecule has 0 heterocycles. The Hall–Kier alpha value is -2.36. The van der Waals surface area contributed by atoms with Gasteiger partial charge in [0.05, 0.1) is 0 Å².